The van der Waals surface area contributed by atoms with Crippen molar-refractivity contribution in [1.82, 2.24) is 0 Å². The number of hydrogen-bond acceptors (Lipinski definition) is 5. The molecule has 0 radical (unpaired) electrons. The summed E-state index contributed by atoms with van der Waals surface area (Å²) in [6.45, 7) is 6.73. The second kappa shape index (κ2) is 8.41. The third-order valence-corrected chi connectivity index (χ3v) is 6.48. The van der Waals surface area contributed by atoms with Crippen molar-refractivity contribution in [2.24, 2.45) is 0 Å². The Labute approximate surface area is 164 Å². The van der Waals surface area contributed by atoms with E-state index in [2.05, 4.69) is 25.5 Å². The number of benzene rings is 1. The van der Waals surface area contributed by atoms with E-state index in [1.807, 2.05) is 6.07 Å². The van der Waals surface area contributed by atoms with Gasteiger partial charge < -0.3 is 9.84 Å². The van der Waals surface area contributed by atoms with E-state index >= 15 is 0 Å². The molecule has 27 heavy (non-hydrogen) atoms. The number of methoxy groups -OCH3 is 1. The van der Waals surface area contributed by atoms with Gasteiger partial charge in [-0.25, -0.2) is 13.2 Å². The lowest BCUT2D eigenvalue weighted by molar-refractivity contribution is 0.0703. The topological polar surface area (TPSA) is 92.7 Å². The van der Waals surface area contributed by atoms with E-state index in [0.29, 0.717) is 25.0 Å². The summed E-state index contributed by atoms with van der Waals surface area (Å²) in [6, 6.07) is 6.77. The van der Waals surface area contributed by atoms with Crippen LogP contribution in [0.3, 0.4) is 0 Å². The Bertz CT molecular complexity index is 910. The molecule has 0 aliphatic heterocycles. The smallest absolute Gasteiger partial charge is 0.348 e. The van der Waals surface area contributed by atoms with Crippen LogP contribution < -0.4 is 4.72 Å². The van der Waals surface area contributed by atoms with Crippen molar-refractivity contribution in [1.29, 1.82) is 0 Å². The normalized spacial score (nSPS) is 12.1. The zero-order chi connectivity index (χ0) is 20.2. The molecule has 0 fully saturated rings. The molecule has 6 nitrogen and oxygen atoms in total. The maximum absolute atomic E-state index is 13.0. The van der Waals surface area contributed by atoms with Gasteiger partial charge in [0.25, 0.3) is 10.0 Å². The molecule has 148 valence electrons. The van der Waals surface area contributed by atoms with Gasteiger partial charge in [0.2, 0.25) is 0 Å². The lowest BCUT2D eigenvalue weighted by atomic mass is 9.86. The second-order valence-electron chi connectivity index (χ2n) is 7.24. The van der Waals surface area contributed by atoms with Crippen LogP contribution in [-0.4, -0.2) is 33.2 Å². The molecule has 2 N–H and O–H groups in total. The summed E-state index contributed by atoms with van der Waals surface area (Å²) in [5, 5.41) is 10.8. The number of nitrogens with one attached hydrogen (secondary N) is 1. The fourth-order valence-electron chi connectivity index (χ4n) is 2.67. The highest BCUT2D eigenvalue weighted by Gasteiger charge is 2.24. The van der Waals surface area contributed by atoms with Gasteiger partial charge in [0.1, 0.15) is 4.88 Å². The second-order valence-corrected chi connectivity index (χ2v) is 9.81. The first kappa shape index (κ1) is 21.4. The fraction of sp³-hybridized carbons (Fsp3) is 0.421. The molecule has 0 aliphatic rings. The van der Waals surface area contributed by atoms with Crippen LogP contribution in [0.5, 0.6) is 0 Å². The molecular formula is C19H25NO5S2. The molecule has 0 aliphatic carbocycles. The molecule has 1 aromatic heterocycles. The first-order valence-electron chi connectivity index (χ1n) is 8.52. The number of rotatable bonds is 8. The maximum Gasteiger partial charge on any atom is 0.348 e. The Kier molecular flexibility index (Phi) is 6.67. The number of aromatic carboxylic acids is 1. The Balaban J connectivity index is 2.44. The van der Waals surface area contributed by atoms with Gasteiger partial charge in [-0.1, -0.05) is 32.9 Å². The minimum Gasteiger partial charge on any atom is -0.477 e. The molecule has 1 heterocycles. The summed E-state index contributed by atoms with van der Waals surface area (Å²) < 4.78 is 33.4. The van der Waals surface area contributed by atoms with Gasteiger partial charge in [0.15, 0.2) is 0 Å². The van der Waals surface area contributed by atoms with E-state index in [4.69, 9.17) is 4.74 Å². The van der Waals surface area contributed by atoms with Crippen molar-refractivity contribution in [2.75, 3.05) is 18.4 Å². The van der Waals surface area contributed by atoms with Crippen molar-refractivity contribution < 1.29 is 23.1 Å². The Hall–Kier alpha value is -1.90. The number of anilines is 1. The predicted octanol–water partition coefficient (Wildman–Crippen LogP) is 4.12. The number of aryl methyl sites for hydroxylation is 1. The molecule has 0 spiro atoms. The largest absolute Gasteiger partial charge is 0.477 e. The quantitative estimate of drug-likeness (QED) is 0.637. The summed E-state index contributed by atoms with van der Waals surface area (Å²) in [7, 11) is -2.31. The summed E-state index contributed by atoms with van der Waals surface area (Å²) in [4.78, 5) is 11.4. The zero-order valence-electron chi connectivity index (χ0n) is 15.9. The van der Waals surface area contributed by atoms with E-state index in [-0.39, 0.29) is 20.9 Å². The minimum atomic E-state index is -3.92. The lowest BCUT2D eigenvalue weighted by Gasteiger charge is -2.21. The highest BCUT2D eigenvalue weighted by molar-refractivity contribution is 7.92. The predicted molar refractivity (Wildman–Crippen MR) is 107 cm³/mol. The molecule has 0 amide bonds. The summed E-state index contributed by atoms with van der Waals surface area (Å²) in [6.07, 6.45) is 1.23. The van der Waals surface area contributed by atoms with Crippen molar-refractivity contribution >= 4 is 33.0 Å². The Morgan fingerprint density at radius 2 is 1.96 bits per heavy atom. The molecule has 2 rings (SSSR count). The number of ether oxygens (including phenoxy) is 1. The van der Waals surface area contributed by atoms with E-state index in [9.17, 15) is 18.3 Å². The van der Waals surface area contributed by atoms with Crippen LogP contribution in [0.25, 0.3) is 0 Å². The first-order valence-corrected chi connectivity index (χ1v) is 10.9. The van der Waals surface area contributed by atoms with E-state index in [0.717, 1.165) is 16.9 Å². The van der Waals surface area contributed by atoms with Crippen LogP contribution >= 0.6 is 11.3 Å². The van der Waals surface area contributed by atoms with Crippen LogP contribution in [0.15, 0.2) is 34.5 Å². The van der Waals surface area contributed by atoms with Gasteiger partial charge in [0, 0.05) is 13.7 Å². The molecule has 0 saturated carbocycles. The van der Waals surface area contributed by atoms with Crippen LogP contribution in [0, 0.1) is 0 Å². The SMILES string of the molecule is COCCCc1cc(C(C)(C)C)ccc1S(=O)(=O)Nc1ccsc1C(=O)O. The Morgan fingerprint density at radius 1 is 1.26 bits per heavy atom. The summed E-state index contributed by atoms with van der Waals surface area (Å²) in [5.74, 6) is -1.16. The van der Waals surface area contributed by atoms with Gasteiger partial charge >= 0.3 is 5.97 Å². The molecular weight excluding hydrogens is 386 g/mol. The van der Waals surface area contributed by atoms with Gasteiger partial charge in [0.05, 0.1) is 10.6 Å². The van der Waals surface area contributed by atoms with E-state index in [1.54, 1.807) is 24.6 Å². The third-order valence-electron chi connectivity index (χ3n) is 4.11. The average Bonchev–Trinajstić information content (AvgIpc) is 3.01. The average molecular weight is 412 g/mol. The monoisotopic (exact) mass is 411 g/mol. The highest BCUT2D eigenvalue weighted by atomic mass is 32.2. The van der Waals surface area contributed by atoms with Crippen molar-refractivity contribution in [3.8, 4) is 0 Å². The number of carboxylic acid groups (broad SMARTS) is 1. The van der Waals surface area contributed by atoms with Crippen LogP contribution in [-0.2, 0) is 26.6 Å². The molecule has 1 aromatic carbocycles. The van der Waals surface area contributed by atoms with Crippen LogP contribution in [0.2, 0.25) is 0 Å². The van der Waals surface area contributed by atoms with Crippen molar-refractivity contribution in [3.63, 3.8) is 0 Å². The Morgan fingerprint density at radius 3 is 2.56 bits per heavy atom. The first-order chi connectivity index (χ1) is 12.6. The lowest BCUT2D eigenvalue weighted by Crippen LogP contribution is -2.18. The standard InChI is InChI=1S/C19H25NO5S2/c1-19(2,3)14-7-8-16(13(12-14)6-5-10-25-4)27(23,24)20-15-9-11-26-17(15)18(21)22/h7-9,11-12,20H,5-6,10H2,1-4H3,(H,21,22). The number of thiophene rings is 1. The molecule has 2 aromatic rings. The van der Waals surface area contributed by atoms with Crippen LogP contribution in [0.4, 0.5) is 5.69 Å². The fourth-order valence-corrected chi connectivity index (χ4v) is 4.74. The van der Waals surface area contributed by atoms with Gasteiger partial charge in [-0.2, -0.15) is 0 Å². The van der Waals surface area contributed by atoms with Gasteiger partial charge in [-0.3, -0.25) is 4.72 Å². The summed E-state index contributed by atoms with van der Waals surface area (Å²) in [5.41, 5.74) is 1.69. The maximum atomic E-state index is 13.0. The molecule has 0 saturated heterocycles. The van der Waals surface area contributed by atoms with Gasteiger partial charge in [-0.05, 0) is 46.9 Å². The molecule has 0 unspecified atom stereocenters. The number of carbonyl (C=O) groups is 1. The number of sulfonamides is 1. The third kappa shape index (κ3) is 5.31. The molecule has 0 atom stereocenters. The molecule has 0 bridgehead atoms. The van der Waals surface area contributed by atoms with Crippen molar-refractivity contribution in [3.05, 3.63) is 45.6 Å². The van der Waals surface area contributed by atoms with Crippen LogP contribution in [0.1, 0.15) is 48.0 Å². The van der Waals surface area contributed by atoms with E-state index in [1.165, 1.54) is 6.07 Å². The van der Waals surface area contributed by atoms with E-state index < -0.39 is 16.0 Å². The minimum absolute atomic E-state index is 0.0363. The number of carboxylic acids is 1. The zero-order valence-corrected chi connectivity index (χ0v) is 17.5. The highest BCUT2D eigenvalue weighted by Crippen LogP contribution is 2.30. The molecule has 8 heteroatoms. The van der Waals surface area contributed by atoms with Gasteiger partial charge in [-0.15, -0.1) is 11.3 Å². The summed E-state index contributed by atoms with van der Waals surface area (Å²) >= 11 is 0.977. The number of hydrogen-bond donors (Lipinski definition) is 2. The van der Waals surface area contributed by atoms with Crippen molar-refractivity contribution in [2.45, 2.75) is 43.9 Å².